The lowest BCUT2D eigenvalue weighted by molar-refractivity contribution is -0.129. The second kappa shape index (κ2) is 9.34. The number of rotatable bonds is 5. The van der Waals surface area contributed by atoms with Gasteiger partial charge in [-0.05, 0) is 55.0 Å². The molecule has 2 aliphatic heterocycles. The number of aromatic amines is 1. The zero-order chi connectivity index (χ0) is 21.8. The van der Waals surface area contributed by atoms with Crippen molar-refractivity contribution >= 4 is 28.9 Å². The summed E-state index contributed by atoms with van der Waals surface area (Å²) < 4.78 is 0. The third-order valence-electron chi connectivity index (χ3n) is 6.14. The number of benzene rings is 1. The van der Waals surface area contributed by atoms with Gasteiger partial charge in [-0.1, -0.05) is 12.1 Å². The molecule has 0 bridgehead atoms. The first-order valence-electron chi connectivity index (χ1n) is 10.9. The Morgan fingerprint density at radius 3 is 2.68 bits per heavy atom. The summed E-state index contributed by atoms with van der Waals surface area (Å²) in [6.07, 6.45) is 6.73. The number of hydrogen-bond acceptors (Lipinski definition) is 5. The van der Waals surface area contributed by atoms with Gasteiger partial charge in [0.05, 0.1) is 6.20 Å². The topological polar surface area (TPSA) is 102 Å². The van der Waals surface area contributed by atoms with Crippen LogP contribution in [-0.4, -0.2) is 59.9 Å². The molecule has 1 fully saturated rings. The molecule has 0 spiro atoms. The molecule has 1 aromatic carbocycles. The van der Waals surface area contributed by atoms with Gasteiger partial charge in [0.25, 0.3) is 5.91 Å². The number of nitrogens with zero attached hydrogens (tertiary/aromatic N) is 2. The van der Waals surface area contributed by atoms with Gasteiger partial charge in [0.1, 0.15) is 5.82 Å². The van der Waals surface area contributed by atoms with Crippen LogP contribution in [-0.2, 0) is 4.79 Å². The summed E-state index contributed by atoms with van der Waals surface area (Å²) >= 11 is 0. The molecule has 4 rings (SSSR count). The zero-order valence-corrected chi connectivity index (χ0v) is 18.1. The van der Waals surface area contributed by atoms with Crippen LogP contribution < -0.4 is 16.0 Å². The van der Waals surface area contributed by atoms with E-state index in [1.54, 1.807) is 20.2 Å². The third kappa shape index (κ3) is 4.80. The molecule has 8 nitrogen and oxygen atoms in total. The van der Waals surface area contributed by atoms with E-state index in [-0.39, 0.29) is 17.6 Å². The van der Waals surface area contributed by atoms with E-state index in [1.807, 2.05) is 11.0 Å². The van der Waals surface area contributed by atoms with Gasteiger partial charge < -0.3 is 25.8 Å². The monoisotopic (exact) mass is 422 g/mol. The summed E-state index contributed by atoms with van der Waals surface area (Å²) in [5.41, 5.74) is 4.29. The van der Waals surface area contributed by atoms with Gasteiger partial charge in [-0.2, -0.15) is 0 Å². The molecule has 1 aromatic heterocycles. The number of piperidine rings is 1. The molecule has 164 valence electrons. The quantitative estimate of drug-likeness (QED) is 0.594. The van der Waals surface area contributed by atoms with Crippen molar-refractivity contribution in [3.05, 3.63) is 47.4 Å². The van der Waals surface area contributed by atoms with Crippen LogP contribution in [0, 0.1) is 0 Å². The lowest BCUT2D eigenvalue weighted by Crippen LogP contribution is -2.36. The molecule has 0 saturated carbocycles. The Balaban J connectivity index is 1.58. The van der Waals surface area contributed by atoms with E-state index in [0.717, 1.165) is 56.7 Å². The smallest absolute Gasteiger partial charge is 0.291 e. The molecule has 3 heterocycles. The van der Waals surface area contributed by atoms with E-state index < -0.39 is 0 Å². The molecular formula is C23H30N6O2. The summed E-state index contributed by atoms with van der Waals surface area (Å²) in [6.45, 7) is 4.97. The maximum absolute atomic E-state index is 12.8. The molecule has 2 aliphatic rings. The molecule has 0 atom stereocenters. The highest BCUT2D eigenvalue weighted by Gasteiger charge is 2.24. The van der Waals surface area contributed by atoms with Crippen LogP contribution in [0.2, 0.25) is 0 Å². The number of H-pyrrole nitrogens is 1. The predicted molar refractivity (Wildman–Crippen MR) is 122 cm³/mol. The second-order valence-electron chi connectivity index (χ2n) is 8.13. The molecule has 8 heteroatoms. The number of anilines is 2. The standard InChI is InChI=1S/C23H30N6O2/c1-15(30)29-10-7-16(8-11-29)17-5-6-20(19(12-17)18-4-3-9-25-13-18)27-23(31)22-26-14-21(24-2)28-22/h4-6,12,14,16,24-25H,3,7-11,13H2,1-2H3,(H,26,28)(H,27,31). The van der Waals surface area contributed by atoms with E-state index in [2.05, 4.69) is 44.1 Å². The minimum absolute atomic E-state index is 0.148. The molecule has 2 amide bonds. The van der Waals surface area contributed by atoms with Gasteiger partial charge in [0.15, 0.2) is 5.82 Å². The molecule has 1 saturated heterocycles. The van der Waals surface area contributed by atoms with Gasteiger partial charge >= 0.3 is 0 Å². The largest absolute Gasteiger partial charge is 0.373 e. The average Bonchev–Trinajstić information content (AvgIpc) is 3.29. The highest BCUT2D eigenvalue weighted by atomic mass is 16.2. The Hall–Kier alpha value is -3.13. The van der Waals surface area contributed by atoms with Crippen LogP contribution in [0.1, 0.15) is 53.8 Å². The van der Waals surface area contributed by atoms with Gasteiger partial charge in [-0.25, -0.2) is 4.98 Å². The summed E-state index contributed by atoms with van der Waals surface area (Å²) in [7, 11) is 1.77. The Morgan fingerprint density at radius 1 is 1.23 bits per heavy atom. The molecule has 4 N–H and O–H groups in total. The second-order valence-corrected chi connectivity index (χ2v) is 8.13. The van der Waals surface area contributed by atoms with Gasteiger partial charge in [-0.15, -0.1) is 0 Å². The minimum atomic E-state index is -0.269. The van der Waals surface area contributed by atoms with Gasteiger partial charge in [0.2, 0.25) is 5.91 Å². The zero-order valence-electron chi connectivity index (χ0n) is 18.1. The van der Waals surface area contributed by atoms with Crippen molar-refractivity contribution in [3.63, 3.8) is 0 Å². The lowest BCUT2D eigenvalue weighted by atomic mass is 9.86. The van der Waals surface area contributed by atoms with E-state index in [1.165, 1.54) is 11.1 Å². The molecule has 2 aromatic rings. The highest BCUT2D eigenvalue weighted by molar-refractivity contribution is 6.03. The lowest BCUT2D eigenvalue weighted by Gasteiger charge is -2.32. The normalized spacial score (nSPS) is 17.2. The van der Waals surface area contributed by atoms with Crippen molar-refractivity contribution in [2.45, 2.75) is 32.1 Å². The fraction of sp³-hybridized carbons (Fsp3) is 0.435. The molecule has 0 radical (unpaired) electrons. The highest BCUT2D eigenvalue weighted by Crippen LogP contribution is 2.34. The number of nitrogens with one attached hydrogen (secondary N) is 4. The fourth-order valence-electron chi connectivity index (χ4n) is 4.31. The summed E-state index contributed by atoms with van der Waals surface area (Å²) in [5, 5.41) is 9.40. The van der Waals surface area contributed by atoms with E-state index in [0.29, 0.717) is 11.7 Å². The Labute approximate surface area is 182 Å². The Morgan fingerprint density at radius 2 is 2.03 bits per heavy atom. The number of likely N-dealkylation sites (tertiary alicyclic amines) is 1. The number of imidazole rings is 1. The third-order valence-corrected chi connectivity index (χ3v) is 6.14. The maximum Gasteiger partial charge on any atom is 0.291 e. The van der Waals surface area contributed by atoms with Crippen molar-refractivity contribution in [3.8, 4) is 0 Å². The first-order valence-corrected chi connectivity index (χ1v) is 10.9. The van der Waals surface area contributed by atoms with Crippen LogP contribution >= 0.6 is 0 Å². The van der Waals surface area contributed by atoms with Crippen LogP contribution in [0.3, 0.4) is 0 Å². The minimum Gasteiger partial charge on any atom is -0.373 e. The number of carbonyl (C=O) groups is 2. The first kappa shape index (κ1) is 21.1. The summed E-state index contributed by atoms with van der Waals surface area (Å²) in [5.74, 6) is 1.26. The number of carbonyl (C=O) groups excluding carboxylic acids is 2. The van der Waals surface area contributed by atoms with Crippen LogP contribution in [0.4, 0.5) is 11.5 Å². The Bertz CT molecular complexity index is 988. The summed E-state index contributed by atoms with van der Waals surface area (Å²) in [6, 6.07) is 6.31. The molecule has 0 unspecified atom stereocenters. The SMILES string of the molecule is CNc1cnc(C(=O)Nc2ccc(C3CCN(C(C)=O)CC3)cc2C2=CCCNC2)[nH]1. The first-order chi connectivity index (χ1) is 15.0. The predicted octanol–water partition coefficient (Wildman–Crippen LogP) is 2.81. The number of amides is 2. The van der Waals surface area contributed by atoms with Crippen molar-refractivity contribution in [1.29, 1.82) is 0 Å². The maximum atomic E-state index is 12.8. The van der Waals surface area contributed by atoms with Gasteiger partial charge in [0, 0.05) is 44.9 Å². The van der Waals surface area contributed by atoms with Crippen LogP contribution in [0.25, 0.3) is 5.57 Å². The van der Waals surface area contributed by atoms with Gasteiger partial charge in [-0.3, -0.25) is 9.59 Å². The fourth-order valence-corrected chi connectivity index (χ4v) is 4.31. The summed E-state index contributed by atoms with van der Waals surface area (Å²) in [4.78, 5) is 33.4. The van der Waals surface area contributed by atoms with Crippen molar-refractivity contribution < 1.29 is 9.59 Å². The van der Waals surface area contributed by atoms with Crippen LogP contribution in [0.15, 0.2) is 30.5 Å². The molecule has 31 heavy (non-hydrogen) atoms. The van der Waals surface area contributed by atoms with Crippen molar-refractivity contribution in [2.75, 3.05) is 43.9 Å². The van der Waals surface area contributed by atoms with Crippen molar-refractivity contribution in [1.82, 2.24) is 20.2 Å². The molecule has 0 aliphatic carbocycles. The number of aromatic nitrogens is 2. The average molecular weight is 423 g/mol. The van der Waals surface area contributed by atoms with Crippen LogP contribution in [0.5, 0.6) is 0 Å². The Kier molecular flexibility index (Phi) is 6.36. The van der Waals surface area contributed by atoms with E-state index >= 15 is 0 Å². The van der Waals surface area contributed by atoms with Crippen molar-refractivity contribution in [2.24, 2.45) is 0 Å². The van der Waals surface area contributed by atoms with E-state index in [9.17, 15) is 9.59 Å². The molecular weight excluding hydrogens is 392 g/mol. The number of hydrogen-bond donors (Lipinski definition) is 4. The van der Waals surface area contributed by atoms with E-state index in [4.69, 9.17) is 0 Å².